The maximum Gasteiger partial charge on any atom is 0.0218 e. The Balaban J connectivity index is 1.65. The van der Waals surface area contributed by atoms with Crippen molar-refractivity contribution in [3.63, 3.8) is 0 Å². The van der Waals surface area contributed by atoms with Crippen LogP contribution in [-0.2, 0) is 6.42 Å². The molecule has 0 aromatic heterocycles. The van der Waals surface area contributed by atoms with Crippen molar-refractivity contribution in [1.29, 1.82) is 0 Å². The van der Waals surface area contributed by atoms with Crippen LogP contribution >= 0.6 is 0 Å². The van der Waals surface area contributed by atoms with E-state index < -0.39 is 0 Å². The summed E-state index contributed by atoms with van der Waals surface area (Å²) in [4.78, 5) is 2.61. The standard InChI is InChI=1S/C16H26N2/c17-14-16-11-5-7-13-18(16)12-6-4-10-15-8-2-1-3-9-15/h1-3,8-9,16H,4-7,10-14,17H2. The molecule has 1 aliphatic rings. The second kappa shape index (κ2) is 7.55. The number of aryl methyl sites for hydroxylation is 1. The molecule has 1 fully saturated rings. The molecule has 2 N–H and O–H groups in total. The largest absolute Gasteiger partial charge is 0.329 e. The molecule has 1 heterocycles. The Kier molecular flexibility index (Phi) is 5.69. The van der Waals surface area contributed by atoms with E-state index >= 15 is 0 Å². The molecule has 1 aromatic rings. The summed E-state index contributed by atoms with van der Waals surface area (Å²) >= 11 is 0. The number of hydrogen-bond donors (Lipinski definition) is 1. The number of unbranched alkanes of at least 4 members (excludes halogenated alkanes) is 1. The maximum absolute atomic E-state index is 5.85. The van der Waals surface area contributed by atoms with E-state index in [4.69, 9.17) is 5.73 Å². The molecule has 1 atom stereocenters. The van der Waals surface area contributed by atoms with Gasteiger partial charge in [0.2, 0.25) is 0 Å². The number of hydrogen-bond acceptors (Lipinski definition) is 2. The van der Waals surface area contributed by atoms with Crippen molar-refractivity contribution in [3.8, 4) is 0 Å². The van der Waals surface area contributed by atoms with Gasteiger partial charge in [-0.1, -0.05) is 36.8 Å². The summed E-state index contributed by atoms with van der Waals surface area (Å²) in [6, 6.07) is 11.4. The number of nitrogens with two attached hydrogens (primary N) is 1. The number of benzene rings is 1. The van der Waals surface area contributed by atoms with E-state index in [1.165, 1.54) is 57.2 Å². The van der Waals surface area contributed by atoms with Gasteiger partial charge in [-0.2, -0.15) is 0 Å². The van der Waals surface area contributed by atoms with Crippen molar-refractivity contribution >= 4 is 0 Å². The minimum absolute atomic E-state index is 0.649. The molecule has 1 aliphatic heterocycles. The lowest BCUT2D eigenvalue weighted by molar-refractivity contribution is 0.150. The van der Waals surface area contributed by atoms with Gasteiger partial charge in [0.05, 0.1) is 0 Å². The second-order valence-electron chi connectivity index (χ2n) is 5.36. The zero-order chi connectivity index (χ0) is 12.6. The van der Waals surface area contributed by atoms with Gasteiger partial charge in [0.1, 0.15) is 0 Å². The molecule has 0 amide bonds. The first kappa shape index (κ1) is 13.6. The molecule has 1 unspecified atom stereocenters. The minimum atomic E-state index is 0.649. The monoisotopic (exact) mass is 246 g/mol. The van der Waals surface area contributed by atoms with Crippen molar-refractivity contribution in [3.05, 3.63) is 35.9 Å². The number of nitrogens with zero attached hydrogens (tertiary/aromatic N) is 1. The van der Waals surface area contributed by atoms with Crippen molar-refractivity contribution in [2.75, 3.05) is 19.6 Å². The molecular weight excluding hydrogens is 220 g/mol. The van der Waals surface area contributed by atoms with E-state index in [-0.39, 0.29) is 0 Å². The minimum Gasteiger partial charge on any atom is -0.329 e. The van der Waals surface area contributed by atoms with Gasteiger partial charge in [-0.05, 0) is 50.8 Å². The van der Waals surface area contributed by atoms with Crippen LogP contribution in [0.5, 0.6) is 0 Å². The third-order valence-electron chi connectivity index (χ3n) is 4.02. The first-order chi connectivity index (χ1) is 8.90. The van der Waals surface area contributed by atoms with Crippen LogP contribution in [0.1, 0.15) is 37.7 Å². The number of piperidine rings is 1. The van der Waals surface area contributed by atoms with Gasteiger partial charge < -0.3 is 5.73 Å². The Morgan fingerprint density at radius 1 is 1.11 bits per heavy atom. The first-order valence-corrected chi connectivity index (χ1v) is 7.38. The molecule has 100 valence electrons. The quantitative estimate of drug-likeness (QED) is 0.782. The SMILES string of the molecule is NCC1CCCCN1CCCCc1ccccc1. The zero-order valence-corrected chi connectivity index (χ0v) is 11.4. The van der Waals surface area contributed by atoms with Crippen LogP contribution in [0.2, 0.25) is 0 Å². The van der Waals surface area contributed by atoms with Gasteiger partial charge >= 0.3 is 0 Å². The summed E-state index contributed by atoms with van der Waals surface area (Å²) in [7, 11) is 0. The topological polar surface area (TPSA) is 29.3 Å². The summed E-state index contributed by atoms with van der Waals surface area (Å²) in [6.07, 6.45) is 7.82. The molecule has 0 bridgehead atoms. The van der Waals surface area contributed by atoms with Crippen LogP contribution in [0.4, 0.5) is 0 Å². The van der Waals surface area contributed by atoms with Crippen molar-refractivity contribution < 1.29 is 0 Å². The molecule has 2 heteroatoms. The predicted octanol–water partition coefficient (Wildman–Crippen LogP) is 2.82. The third kappa shape index (κ3) is 4.11. The van der Waals surface area contributed by atoms with Gasteiger partial charge in [-0.3, -0.25) is 4.90 Å². The molecule has 0 aliphatic carbocycles. The van der Waals surface area contributed by atoms with Crippen molar-refractivity contribution in [1.82, 2.24) is 4.90 Å². The Hall–Kier alpha value is -0.860. The van der Waals surface area contributed by atoms with Gasteiger partial charge in [0.25, 0.3) is 0 Å². The molecule has 2 nitrogen and oxygen atoms in total. The summed E-state index contributed by atoms with van der Waals surface area (Å²) < 4.78 is 0. The van der Waals surface area contributed by atoms with E-state index in [1.807, 2.05) is 0 Å². The lowest BCUT2D eigenvalue weighted by Gasteiger charge is -2.34. The Morgan fingerprint density at radius 2 is 1.94 bits per heavy atom. The number of rotatable bonds is 6. The molecule has 0 spiro atoms. The number of likely N-dealkylation sites (tertiary alicyclic amines) is 1. The van der Waals surface area contributed by atoms with Crippen LogP contribution in [0.25, 0.3) is 0 Å². The molecule has 2 rings (SSSR count). The highest BCUT2D eigenvalue weighted by Crippen LogP contribution is 2.17. The fourth-order valence-corrected chi connectivity index (χ4v) is 2.91. The molecule has 1 saturated heterocycles. The first-order valence-electron chi connectivity index (χ1n) is 7.38. The second-order valence-corrected chi connectivity index (χ2v) is 5.36. The van der Waals surface area contributed by atoms with Crippen molar-refractivity contribution in [2.24, 2.45) is 5.73 Å². The summed E-state index contributed by atoms with van der Waals surface area (Å²) in [5, 5.41) is 0. The fourth-order valence-electron chi connectivity index (χ4n) is 2.91. The predicted molar refractivity (Wildman–Crippen MR) is 77.6 cm³/mol. The Bertz CT molecular complexity index is 323. The van der Waals surface area contributed by atoms with Gasteiger partial charge in [-0.25, -0.2) is 0 Å². The summed E-state index contributed by atoms with van der Waals surface area (Å²) in [5.74, 6) is 0. The maximum atomic E-state index is 5.85. The van der Waals surface area contributed by atoms with E-state index in [0.29, 0.717) is 6.04 Å². The van der Waals surface area contributed by atoms with E-state index in [1.54, 1.807) is 0 Å². The molecule has 18 heavy (non-hydrogen) atoms. The highest BCUT2D eigenvalue weighted by molar-refractivity contribution is 5.14. The molecule has 0 saturated carbocycles. The van der Waals surface area contributed by atoms with Gasteiger partial charge in [0, 0.05) is 12.6 Å². The Labute approximate surface area is 111 Å². The lowest BCUT2D eigenvalue weighted by atomic mass is 10.0. The Morgan fingerprint density at radius 3 is 2.72 bits per heavy atom. The van der Waals surface area contributed by atoms with Crippen molar-refractivity contribution in [2.45, 2.75) is 44.6 Å². The fraction of sp³-hybridized carbons (Fsp3) is 0.625. The molecule has 0 radical (unpaired) electrons. The van der Waals surface area contributed by atoms with Gasteiger partial charge in [0.15, 0.2) is 0 Å². The zero-order valence-electron chi connectivity index (χ0n) is 11.4. The van der Waals surface area contributed by atoms with Crippen LogP contribution in [0, 0.1) is 0 Å². The molecular formula is C16H26N2. The average Bonchev–Trinajstić information content (AvgIpc) is 2.45. The van der Waals surface area contributed by atoms with Gasteiger partial charge in [-0.15, -0.1) is 0 Å². The summed E-state index contributed by atoms with van der Waals surface area (Å²) in [5.41, 5.74) is 7.31. The normalized spacial score (nSPS) is 21.1. The third-order valence-corrected chi connectivity index (χ3v) is 4.02. The summed E-state index contributed by atoms with van der Waals surface area (Å²) in [6.45, 7) is 3.32. The highest BCUT2D eigenvalue weighted by atomic mass is 15.2. The van der Waals surface area contributed by atoms with Crippen LogP contribution in [0.15, 0.2) is 30.3 Å². The highest BCUT2D eigenvalue weighted by Gasteiger charge is 2.19. The van der Waals surface area contributed by atoms with E-state index in [2.05, 4.69) is 35.2 Å². The van der Waals surface area contributed by atoms with Crippen LogP contribution < -0.4 is 5.73 Å². The molecule has 1 aromatic carbocycles. The van der Waals surface area contributed by atoms with E-state index in [0.717, 1.165) is 6.54 Å². The average molecular weight is 246 g/mol. The van der Waals surface area contributed by atoms with Crippen LogP contribution in [-0.4, -0.2) is 30.6 Å². The lowest BCUT2D eigenvalue weighted by Crippen LogP contribution is -2.44. The smallest absolute Gasteiger partial charge is 0.0218 e. The van der Waals surface area contributed by atoms with E-state index in [9.17, 15) is 0 Å². The van der Waals surface area contributed by atoms with Crippen LogP contribution in [0.3, 0.4) is 0 Å².